The van der Waals surface area contributed by atoms with Gasteiger partial charge in [-0.25, -0.2) is 0 Å². The van der Waals surface area contributed by atoms with Gasteiger partial charge in [0.15, 0.2) is 0 Å². The highest BCUT2D eigenvalue weighted by Crippen LogP contribution is 2.13. The zero-order valence-corrected chi connectivity index (χ0v) is 12.7. The van der Waals surface area contributed by atoms with Crippen molar-refractivity contribution < 1.29 is 4.79 Å². The van der Waals surface area contributed by atoms with E-state index in [2.05, 4.69) is 26.2 Å². The fourth-order valence-corrected chi connectivity index (χ4v) is 1.92. The molecule has 0 saturated carbocycles. The summed E-state index contributed by atoms with van der Waals surface area (Å²) in [6.07, 6.45) is 4.88. The maximum Gasteiger partial charge on any atom is 0.262 e. The van der Waals surface area contributed by atoms with Gasteiger partial charge in [-0.05, 0) is 41.5 Å². The molecule has 0 atom stereocenters. The maximum atomic E-state index is 12.0. The van der Waals surface area contributed by atoms with Crippen LogP contribution in [0.2, 0.25) is 0 Å². The molecule has 21 heavy (non-hydrogen) atoms. The van der Waals surface area contributed by atoms with Crippen LogP contribution in [0.25, 0.3) is 6.08 Å². The predicted molar refractivity (Wildman–Crippen MR) is 83.8 cm³/mol. The Morgan fingerprint density at radius 1 is 1.24 bits per heavy atom. The van der Waals surface area contributed by atoms with E-state index in [-0.39, 0.29) is 5.57 Å². The summed E-state index contributed by atoms with van der Waals surface area (Å²) in [5.74, 6) is -0.391. The highest BCUT2D eigenvalue weighted by Gasteiger charge is 2.08. The fourth-order valence-electron chi connectivity index (χ4n) is 1.65. The van der Waals surface area contributed by atoms with Crippen molar-refractivity contribution in [2.45, 2.75) is 6.54 Å². The Bertz CT molecular complexity index is 688. The lowest BCUT2D eigenvalue weighted by Gasteiger charge is -2.04. The first kappa shape index (κ1) is 14.9. The summed E-state index contributed by atoms with van der Waals surface area (Å²) in [6.45, 7) is 0.362. The fraction of sp³-hybridized carbons (Fsp3) is 0.0625. The minimum absolute atomic E-state index is 0.0754. The minimum atomic E-state index is -0.391. The van der Waals surface area contributed by atoms with Gasteiger partial charge in [0.05, 0.1) is 0 Å². The van der Waals surface area contributed by atoms with Gasteiger partial charge in [-0.15, -0.1) is 0 Å². The number of aromatic nitrogens is 1. The third-order valence-electron chi connectivity index (χ3n) is 2.75. The van der Waals surface area contributed by atoms with Gasteiger partial charge < -0.3 is 5.32 Å². The number of carbonyl (C=O) groups is 1. The molecule has 2 aromatic rings. The van der Waals surface area contributed by atoms with Crippen LogP contribution in [0.1, 0.15) is 11.1 Å². The van der Waals surface area contributed by atoms with E-state index in [9.17, 15) is 4.79 Å². The molecule has 0 aliphatic heterocycles. The van der Waals surface area contributed by atoms with Gasteiger partial charge in [-0.2, -0.15) is 5.26 Å². The van der Waals surface area contributed by atoms with Gasteiger partial charge in [-0.1, -0.05) is 28.1 Å². The summed E-state index contributed by atoms with van der Waals surface area (Å²) in [5.41, 5.74) is 1.81. The largest absolute Gasteiger partial charge is 0.347 e. The molecule has 0 aliphatic rings. The summed E-state index contributed by atoms with van der Waals surface area (Å²) in [7, 11) is 0. The second-order valence-electron chi connectivity index (χ2n) is 4.26. The van der Waals surface area contributed by atoms with E-state index in [0.29, 0.717) is 6.54 Å². The van der Waals surface area contributed by atoms with Crippen molar-refractivity contribution >= 4 is 27.9 Å². The lowest BCUT2D eigenvalue weighted by molar-refractivity contribution is -0.117. The number of pyridine rings is 1. The molecule has 1 aromatic carbocycles. The molecule has 0 fully saturated rings. The molecule has 5 heteroatoms. The monoisotopic (exact) mass is 341 g/mol. The second-order valence-corrected chi connectivity index (χ2v) is 5.18. The Balaban J connectivity index is 2.05. The first-order chi connectivity index (χ1) is 10.2. The number of hydrogen-bond acceptors (Lipinski definition) is 3. The van der Waals surface area contributed by atoms with E-state index in [1.54, 1.807) is 18.5 Å². The molecule has 104 valence electrons. The molecule has 1 amide bonds. The smallest absolute Gasteiger partial charge is 0.262 e. The minimum Gasteiger partial charge on any atom is -0.347 e. The first-order valence-electron chi connectivity index (χ1n) is 6.23. The van der Waals surface area contributed by atoms with Crippen molar-refractivity contribution in [1.82, 2.24) is 10.3 Å². The number of hydrogen-bond donors (Lipinski definition) is 1. The lowest BCUT2D eigenvalue weighted by Crippen LogP contribution is -2.23. The van der Waals surface area contributed by atoms with Crippen molar-refractivity contribution in [3.05, 3.63) is 70.0 Å². The zero-order valence-electron chi connectivity index (χ0n) is 11.1. The zero-order chi connectivity index (χ0) is 15.1. The van der Waals surface area contributed by atoms with E-state index in [0.717, 1.165) is 15.6 Å². The van der Waals surface area contributed by atoms with Crippen molar-refractivity contribution in [1.29, 1.82) is 5.26 Å². The lowest BCUT2D eigenvalue weighted by atomic mass is 10.1. The van der Waals surface area contributed by atoms with Crippen molar-refractivity contribution in [3.63, 3.8) is 0 Å². The number of nitriles is 1. The molecule has 0 spiro atoms. The van der Waals surface area contributed by atoms with E-state index < -0.39 is 5.91 Å². The highest BCUT2D eigenvalue weighted by atomic mass is 79.9. The van der Waals surface area contributed by atoms with Crippen LogP contribution in [0.3, 0.4) is 0 Å². The molecular weight excluding hydrogens is 330 g/mol. The van der Waals surface area contributed by atoms with Gasteiger partial charge in [0.25, 0.3) is 5.91 Å². The summed E-state index contributed by atoms with van der Waals surface area (Å²) in [5, 5.41) is 11.8. The number of carbonyl (C=O) groups excluding carboxylic acids is 1. The number of benzene rings is 1. The maximum absolute atomic E-state index is 12.0. The Hall–Kier alpha value is -2.45. The third kappa shape index (κ3) is 4.55. The van der Waals surface area contributed by atoms with Crippen LogP contribution < -0.4 is 5.32 Å². The standard InChI is InChI=1S/C16H12BrN3O/c17-15-3-1-12(2-4-15)9-14(10-18)16(21)20-11-13-5-7-19-8-6-13/h1-9H,11H2,(H,20,21)/b14-9+. The molecule has 1 heterocycles. The van der Waals surface area contributed by atoms with Gasteiger partial charge in [0.1, 0.15) is 11.6 Å². The highest BCUT2D eigenvalue weighted by molar-refractivity contribution is 9.10. The first-order valence-corrected chi connectivity index (χ1v) is 7.03. The summed E-state index contributed by atoms with van der Waals surface area (Å²) in [6, 6.07) is 12.9. The normalized spacial score (nSPS) is 10.8. The van der Waals surface area contributed by atoms with E-state index in [4.69, 9.17) is 5.26 Å². The van der Waals surface area contributed by atoms with E-state index in [1.165, 1.54) is 0 Å². The summed E-state index contributed by atoms with van der Waals surface area (Å²) < 4.78 is 0.945. The van der Waals surface area contributed by atoms with Crippen LogP contribution in [0.4, 0.5) is 0 Å². The second kappa shape index (κ2) is 7.36. The molecule has 0 unspecified atom stereocenters. The third-order valence-corrected chi connectivity index (χ3v) is 3.28. The van der Waals surface area contributed by atoms with Crippen LogP contribution in [0, 0.1) is 11.3 Å². The quantitative estimate of drug-likeness (QED) is 0.686. The average Bonchev–Trinajstić information content (AvgIpc) is 2.53. The molecule has 2 rings (SSSR count). The Morgan fingerprint density at radius 3 is 2.52 bits per heavy atom. The van der Waals surface area contributed by atoms with E-state index in [1.807, 2.05) is 42.5 Å². The summed E-state index contributed by atoms with van der Waals surface area (Å²) in [4.78, 5) is 15.9. The van der Waals surface area contributed by atoms with Crippen molar-refractivity contribution in [2.24, 2.45) is 0 Å². The van der Waals surface area contributed by atoms with Crippen molar-refractivity contribution in [2.75, 3.05) is 0 Å². The molecule has 4 nitrogen and oxygen atoms in total. The number of halogens is 1. The van der Waals surface area contributed by atoms with Crippen LogP contribution in [0.15, 0.2) is 58.8 Å². The molecule has 1 aromatic heterocycles. The predicted octanol–water partition coefficient (Wildman–Crippen LogP) is 3.07. The molecule has 0 saturated heterocycles. The Labute approximate surface area is 131 Å². The van der Waals surface area contributed by atoms with Crippen LogP contribution in [0.5, 0.6) is 0 Å². The van der Waals surface area contributed by atoms with Crippen LogP contribution in [-0.4, -0.2) is 10.9 Å². The number of rotatable bonds is 4. The topological polar surface area (TPSA) is 65.8 Å². The number of nitrogens with zero attached hydrogens (tertiary/aromatic N) is 2. The SMILES string of the molecule is N#C/C(=C\c1ccc(Br)cc1)C(=O)NCc1ccncc1. The van der Waals surface area contributed by atoms with E-state index >= 15 is 0 Å². The molecule has 0 aliphatic carbocycles. The van der Waals surface area contributed by atoms with Gasteiger partial charge in [0, 0.05) is 23.4 Å². The molecular formula is C16H12BrN3O. The van der Waals surface area contributed by atoms with Crippen LogP contribution in [-0.2, 0) is 11.3 Å². The van der Waals surface area contributed by atoms with Gasteiger partial charge in [0.2, 0.25) is 0 Å². The molecule has 1 N–H and O–H groups in total. The summed E-state index contributed by atoms with van der Waals surface area (Å²) >= 11 is 3.34. The Morgan fingerprint density at radius 2 is 1.90 bits per heavy atom. The van der Waals surface area contributed by atoms with Crippen molar-refractivity contribution in [3.8, 4) is 6.07 Å². The molecule has 0 bridgehead atoms. The van der Waals surface area contributed by atoms with Gasteiger partial charge >= 0.3 is 0 Å². The number of nitrogens with one attached hydrogen (secondary N) is 1. The van der Waals surface area contributed by atoms with Crippen LogP contribution >= 0.6 is 15.9 Å². The average molecular weight is 342 g/mol. The molecule has 0 radical (unpaired) electrons. The number of amides is 1. The van der Waals surface area contributed by atoms with Gasteiger partial charge in [-0.3, -0.25) is 9.78 Å². The Kier molecular flexibility index (Phi) is 5.24.